The van der Waals surface area contributed by atoms with E-state index < -0.39 is 0 Å². The minimum atomic E-state index is 0.395. The summed E-state index contributed by atoms with van der Waals surface area (Å²) in [7, 11) is 0. The second kappa shape index (κ2) is 5.80. The first-order chi connectivity index (χ1) is 9.72. The number of anilines is 1. The van der Waals surface area contributed by atoms with E-state index in [2.05, 4.69) is 41.5 Å². The normalized spacial score (nSPS) is 22.9. The summed E-state index contributed by atoms with van der Waals surface area (Å²) in [6.45, 7) is 6.12. The molecule has 0 amide bonds. The molecule has 1 saturated heterocycles. The number of aryl methyl sites for hydroxylation is 1. The first-order valence-electron chi connectivity index (χ1n) is 7.44. The van der Waals surface area contributed by atoms with E-state index in [0.717, 1.165) is 37.2 Å². The zero-order chi connectivity index (χ0) is 13.9. The average Bonchev–Trinajstić information content (AvgIpc) is 2.44. The van der Waals surface area contributed by atoms with Crippen molar-refractivity contribution in [3.63, 3.8) is 0 Å². The maximum atomic E-state index is 5.61. The molecule has 3 rings (SSSR count). The van der Waals surface area contributed by atoms with Crippen molar-refractivity contribution in [3.05, 3.63) is 36.0 Å². The quantitative estimate of drug-likeness (QED) is 0.922. The molecule has 0 radical (unpaired) electrons. The first-order valence-corrected chi connectivity index (χ1v) is 7.44. The highest BCUT2D eigenvalue weighted by molar-refractivity contribution is 5.91. The van der Waals surface area contributed by atoms with Crippen molar-refractivity contribution >= 4 is 16.6 Å². The predicted octanol–water partition coefficient (Wildman–Crippen LogP) is 3.77. The molecule has 3 nitrogen and oxygen atoms in total. The monoisotopic (exact) mass is 270 g/mol. The second-order valence-electron chi connectivity index (χ2n) is 5.78. The van der Waals surface area contributed by atoms with Crippen LogP contribution >= 0.6 is 0 Å². The van der Waals surface area contributed by atoms with Gasteiger partial charge in [-0.1, -0.05) is 18.2 Å². The Morgan fingerprint density at radius 1 is 1.35 bits per heavy atom. The Balaban J connectivity index is 1.77. The Bertz CT molecular complexity index is 597. The summed E-state index contributed by atoms with van der Waals surface area (Å²) in [5.41, 5.74) is 3.33. The SMILES string of the molecule is Cc1cc(NCC2CCOC(C)C2)c2ccccc2n1. The van der Waals surface area contributed by atoms with E-state index in [0.29, 0.717) is 12.0 Å². The number of nitrogens with one attached hydrogen (secondary N) is 1. The summed E-state index contributed by atoms with van der Waals surface area (Å²) in [4.78, 5) is 4.58. The minimum Gasteiger partial charge on any atom is -0.384 e. The molecule has 1 aromatic heterocycles. The molecule has 2 heterocycles. The number of fused-ring (bicyclic) bond motifs is 1. The third-order valence-electron chi connectivity index (χ3n) is 4.02. The van der Waals surface area contributed by atoms with Crippen LogP contribution in [0.25, 0.3) is 10.9 Å². The molecule has 1 aliphatic rings. The van der Waals surface area contributed by atoms with Gasteiger partial charge in [-0.15, -0.1) is 0 Å². The van der Waals surface area contributed by atoms with E-state index >= 15 is 0 Å². The number of hydrogen-bond acceptors (Lipinski definition) is 3. The molecule has 1 aromatic carbocycles. The summed E-state index contributed by atoms with van der Waals surface area (Å²) < 4.78 is 5.61. The summed E-state index contributed by atoms with van der Waals surface area (Å²) in [5.74, 6) is 0.700. The number of benzene rings is 1. The van der Waals surface area contributed by atoms with Crippen LogP contribution in [0.1, 0.15) is 25.5 Å². The standard InChI is InChI=1S/C17H22N2O/c1-12-9-17(15-5-3-4-6-16(15)19-12)18-11-14-7-8-20-13(2)10-14/h3-6,9,13-14H,7-8,10-11H2,1-2H3,(H,18,19). The Kier molecular flexibility index (Phi) is 3.88. The third kappa shape index (κ3) is 2.93. The molecule has 1 aliphatic heterocycles. The minimum absolute atomic E-state index is 0.395. The molecule has 20 heavy (non-hydrogen) atoms. The highest BCUT2D eigenvalue weighted by Gasteiger charge is 2.19. The molecule has 1 fully saturated rings. The molecule has 3 heteroatoms. The third-order valence-corrected chi connectivity index (χ3v) is 4.02. The summed E-state index contributed by atoms with van der Waals surface area (Å²) in [5, 5.41) is 4.83. The zero-order valence-electron chi connectivity index (χ0n) is 12.2. The van der Waals surface area contributed by atoms with Crippen molar-refractivity contribution in [3.8, 4) is 0 Å². The predicted molar refractivity (Wildman–Crippen MR) is 83.1 cm³/mol. The van der Waals surface area contributed by atoms with Gasteiger partial charge in [-0.2, -0.15) is 0 Å². The molecule has 0 spiro atoms. The lowest BCUT2D eigenvalue weighted by molar-refractivity contribution is 0.00559. The number of aromatic nitrogens is 1. The molecule has 2 unspecified atom stereocenters. The van der Waals surface area contributed by atoms with Crippen molar-refractivity contribution in [1.29, 1.82) is 0 Å². The first kappa shape index (κ1) is 13.4. The van der Waals surface area contributed by atoms with Gasteiger partial charge < -0.3 is 10.1 Å². The fourth-order valence-electron chi connectivity index (χ4n) is 2.98. The molecule has 1 N–H and O–H groups in total. The van der Waals surface area contributed by atoms with Crippen LogP contribution in [0.15, 0.2) is 30.3 Å². The van der Waals surface area contributed by atoms with Crippen molar-refractivity contribution in [1.82, 2.24) is 4.98 Å². The van der Waals surface area contributed by atoms with E-state index in [1.165, 1.54) is 11.1 Å². The Morgan fingerprint density at radius 3 is 3.05 bits per heavy atom. The number of nitrogens with zero attached hydrogens (tertiary/aromatic N) is 1. The van der Waals surface area contributed by atoms with Gasteiger partial charge in [0.1, 0.15) is 0 Å². The zero-order valence-corrected chi connectivity index (χ0v) is 12.2. The fourth-order valence-corrected chi connectivity index (χ4v) is 2.98. The highest BCUT2D eigenvalue weighted by atomic mass is 16.5. The van der Waals surface area contributed by atoms with Crippen LogP contribution in [-0.2, 0) is 4.74 Å². The lowest BCUT2D eigenvalue weighted by atomic mass is 9.96. The Labute approximate surface area is 120 Å². The van der Waals surface area contributed by atoms with Gasteiger partial charge in [0.25, 0.3) is 0 Å². The molecule has 0 bridgehead atoms. The van der Waals surface area contributed by atoms with E-state index in [1.807, 2.05) is 13.0 Å². The summed E-state index contributed by atoms with van der Waals surface area (Å²) >= 11 is 0. The van der Waals surface area contributed by atoms with E-state index in [1.54, 1.807) is 0 Å². The van der Waals surface area contributed by atoms with Crippen LogP contribution in [0.4, 0.5) is 5.69 Å². The van der Waals surface area contributed by atoms with Gasteiger partial charge in [0.2, 0.25) is 0 Å². The number of hydrogen-bond donors (Lipinski definition) is 1. The van der Waals surface area contributed by atoms with Gasteiger partial charge in [-0.05, 0) is 44.7 Å². The number of pyridine rings is 1. The fraction of sp³-hybridized carbons (Fsp3) is 0.471. The highest BCUT2D eigenvalue weighted by Crippen LogP contribution is 2.25. The lowest BCUT2D eigenvalue weighted by Gasteiger charge is -2.27. The van der Waals surface area contributed by atoms with Gasteiger partial charge in [0.15, 0.2) is 0 Å². The van der Waals surface area contributed by atoms with Gasteiger partial charge in [0, 0.05) is 29.9 Å². The van der Waals surface area contributed by atoms with Crippen LogP contribution in [0.5, 0.6) is 0 Å². The van der Waals surface area contributed by atoms with Gasteiger partial charge in [0.05, 0.1) is 11.6 Å². The Morgan fingerprint density at radius 2 is 2.20 bits per heavy atom. The number of ether oxygens (including phenoxy) is 1. The van der Waals surface area contributed by atoms with Crippen molar-refractivity contribution in [2.24, 2.45) is 5.92 Å². The van der Waals surface area contributed by atoms with Crippen LogP contribution < -0.4 is 5.32 Å². The number of para-hydroxylation sites is 1. The van der Waals surface area contributed by atoms with Crippen LogP contribution in [0, 0.1) is 12.8 Å². The van der Waals surface area contributed by atoms with E-state index in [4.69, 9.17) is 4.74 Å². The average molecular weight is 270 g/mol. The van der Waals surface area contributed by atoms with Crippen LogP contribution in [0.3, 0.4) is 0 Å². The van der Waals surface area contributed by atoms with E-state index in [-0.39, 0.29) is 0 Å². The molecule has 106 valence electrons. The smallest absolute Gasteiger partial charge is 0.0725 e. The Hall–Kier alpha value is -1.61. The second-order valence-corrected chi connectivity index (χ2v) is 5.78. The maximum absolute atomic E-state index is 5.61. The van der Waals surface area contributed by atoms with Crippen LogP contribution in [-0.4, -0.2) is 24.2 Å². The van der Waals surface area contributed by atoms with E-state index in [9.17, 15) is 0 Å². The summed E-state index contributed by atoms with van der Waals surface area (Å²) in [6, 6.07) is 10.5. The lowest BCUT2D eigenvalue weighted by Crippen LogP contribution is -2.27. The van der Waals surface area contributed by atoms with Crippen molar-refractivity contribution in [2.75, 3.05) is 18.5 Å². The maximum Gasteiger partial charge on any atom is 0.0725 e. The van der Waals surface area contributed by atoms with Crippen molar-refractivity contribution < 1.29 is 4.74 Å². The largest absolute Gasteiger partial charge is 0.384 e. The molecule has 2 atom stereocenters. The summed E-state index contributed by atoms with van der Waals surface area (Å²) in [6.07, 6.45) is 2.69. The number of rotatable bonds is 3. The molecule has 0 saturated carbocycles. The van der Waals surface area contributed by atoms with Gasteiger partial charge in [-0.3, -0.25) is 4.98 Å². The van der Waals surface area contributed by atoms with Gasteiger partial charge in [-0.25, -0.2) is 0 Å². The molecule has 2 aromatic rings. The molecule has 0 aliphatic carbocycles. The van der Waals surface area contributed by atoms with Gasteiger partial charge >= 0.3 is 0 Å². The van der Waals surface area contributed by atoms with Crippen molar-refractivity contribution in [2.45, 2.75) is 32.8 Å². The van der Waals surface area contributed by atoms with Crippen LogP contribution in [0.2, 0.25) is 0 Å². The molecular weight excluding hydrogens is 248 g/mol. The topological polar surface area (TPSA) is 34.1 Å². The molecular formula is C17H22N2O.